The van der Waals surface area contributed by atoms with Gasteiger partial charge < -0.3 is 9.47 Å². The minimum Gasteiger partial charge on any atom is -0.469 e. The van der Waals surface area contributed by atoms with E-state index in [0.717, 1.165) is 6.42 Å². The minimum absolute atomic E-state index is 0.0658. The Morgan fingerprint density at radius 2 is 2.28 bits per heavy atom. The first-order valence-electron chi connectivity index (χ1n) is 5.92. The van der Waals surface area contributed by atoms with Crippen LogP contribution in [0.4, 0.5) is 0 Å². The van der Waals surface area contributed by atoms with Crippen LogP contribution in [0.2, 0.25) is 0 Å². The highest BCUT2D eigenvalue weighted by Gasteiger charge is 2.30. The highest BCUT2D eigenvalue weighted by atomic mass is 32.2. The molecule has 0 spiro atoms. The molecule has 1 fully saturated rings. The van der Waals surface area contributed by atoms with Gasteiger partial charge in [0.15, 0.2) is 0 Å². The van der Waals surface area contributed by atoms with Crippen molar-refractivity contribution in [1.29, 1.82) is 0 Å². The first-order chi connectivity index (χ1) is 8.49. The third-order valence-electron chi connectivity index (χ3n) is 2.60. The van der Waals surface area contributed by atoms with E-state index >= 15 is 0 Å². The van der Waals surface area contributed by atoms with Crippen LogP contribution in [0, 0.1) is 0 Å². The van der Waals surface area contributed by atoms with Gasteiger partial charge in [0, 0.05) is 19.6 Å². The summed E-state index contributed by atoms with van der Waals surface area (Å²) in [6, 6.07) is 0. The van der Waals surface area contributed by atoms with Gasteiger partial charge >= 0.3 is 5.97 Å². The van der Waals surface area contributed by atoms with Gasteiger partial charge in [0.25, 0.3) is 10.2 Å². The Kier molecular flexibility index (Phi) is 6.00. The van der Waals surface area contributed by atoms with Crippen LogP contribution >= 0.6 is 0 Å². The second kappa shape index (κ2) is 7.03. The Hall–Kier alpha value is -0.700. The molecule has 1 N–H and O–H groups in total. The molecule has 0 bridgehead atoms. The third-order valence-corrected chi connectivity index (χ3v) is 4.18. The molecule has 7 nitrogen and oxygen atoms in total. The van der Waals surface area contributed by atoms with Crippen LogP contribution in [-0.4, -0.2) is 58.1 Å². The average Bonchev–Trinajstić information content (AvgIpc) is 2.36. The predicted molar refractivity (Wildman–Crippen MR) is 65.2 cm³/mol. The molecule has 1 unspecified atom stereocenters. The van der Waals surface area contributed by atoms with E-state index in [-0.39, 0.29) is 19.6 Å². The zero-order chi connectivity index (χ0) is 13.6. The van der Waals surface area contributed by atoms with Gasteiger partial charge in [0.2, 0.25) is 0 Å². The summed E-state index contributed by atoms with van der Waals surface area (Å²) in [6.07, 6.45) is 0.357. The van der Waals surface area contributed by atoms with Crippen LogP contribution in [0.3, 0.4) is 0 Å². The van der Waals surface area contributed by atoms with Gasteiger partial charge in [-0.3, -0.25) is 4.79 Å². The van der Waals surface area contributed by atoms with Crippen molar-refractivity contribution in [2.24, 2.45) is 0 Å². The molecule has 1 rings (SSSR count). The van der Waals surface area contributed by atoms with Crippen LogP contribution in [0.15, 0.2) is 0 Å². The van der Waals surface area contributed by atoms with Crippen LogP contribution in [0.1, 0.15) is 19.8 Å². The van der Waals surface area contributed by atoms with E-state index in [4.69, 9.17) is 4.74 Å². The largest absolute Gasteiger partial charge is 0.469 e. The Labute approximate surface area is 108 Å². The number of morpholine rings is 1. The van der Waals surface area contributed by atoms with Crippen molar-refractivity contribution < 1.29 is 22.7 Å². The standard InChI is InChI=1S/C10H20N2O5S/c1-3-4-11-18(14,15)12-5-6-17-9(8-12)7-10(13)16-2/h9,11H,3-8H2,1-2H3. The van der Waals surface area contributed by atoms with Gasteiger partial charge in [-0.05, 0) is 6.42 Å². The molecule has 0 aromatic rings. The molecule has 1 heterocycles. The van der Waals surface area contributed by atoms with E-state index in [1.165, 1.54) is 11.4 Å². The van der Waals surface area contributed by atoms with E-state index in [1.807, 2.05) is 6.92 Å². The molecule has 0 radical (unpaired) electrons. The summed E-state index contributed by atoms with van der Waals surface area (Å²) in [5, 5.41) is 0. The maximum atomic E-state index is 11.9. The Balaban J connectivity index is 2.55. The highest BCUT2D eigenvalue weighted by molar-refractivity contribution is 7.87. The van der Waals surface area contributed by atoms with E-state index in [9.17, 15) is 13.2 Å². The van der Waals surface area contributed by atoms with Gasteiger partial charge in [-0.2, -0.15) is 12.7 Å². The lowest BCUT2D eigenvalue weighted by Crippen LogP contribution is -2.50. The van der Waals surface area contributed by atoms with E-state index in [0.29, 0.717) is 13.1 Å². The van der Waals surface area contributed by atoms with E-state index in [1.54, 1.807) is 0 Å². The number of hydrogen-bond acceptors (Lipinski definition) is 5. The molecule has 1 atom stereocenters. The van der Waals surface area contributed by atoms with Crippen molar-refractivity contribution >= 4 is 16.2 Å². The molecule has 0 aliphatic carbocycles. The molecular weight excluding hydrogens is 260 g/mol. The maximum Gasteiger partial charge on any atom is 0.308 e. The second-order valence-corrected chi connectivity index (χ2v) is 5.79. The minimum atomic E-state index is -3.47. The number of carbonyl (C=O) groups excluding carboxylic acids is 1. The summed E-state index contributed by atoms with van der Waals surface area (Å²) in [6.45, 7) is 3.06. The lowest BCUT2D eigenvalue weighted by Gasteiger charge is -2.31. The fraction of sp³-hybridized carbons (Fsp3) is 0.900. The first-order valence-corrected chi connectivity index (χ1v) is 7.36. The van der Waals surface area contributed by atoms with Crippen molar-refractivity contribution in [3.05, 3.63) is 0 Å². The maximum absolute atomic E-state index is 11.9. The Morgan fingerprint density at radius 1 is 1.56 bits per heavy atom. The highest BCUT2D eigenvalue weighted by Crippen LogP contribution is 2.12. The number of hydrogen-bond donors (Lipinski definition) is 1. The molecule has 1 aliphatic rings. The van der Waals surface area contributed by atoms with Gasteiger partial charge in [-0.1, -0.05) is 6.92 Å². The van der Waals surface area contributed by atoms with Crippen molar-refractivity contribution in [2.75, 3.05) is 33.4 Å². The number of methoxy groups -OCH3 is 1. The van der Waals surface area contributed by atoms with Crippen molar-refractivity contribution in [3.63, 3.8) is 0 Å². The third kappa shape index (κ3) is 4.52. The first kappa shape index (κ1) is 15.4. The normalized spacial score (nSPS) is 21.8. The Morgan fingerprint density at radius 3 is 2.89 bits per heavy atom. The number of nitrogens with zero attached hydrogens (tertiary/aromatic N) is 1. The zero-order valence-corrected chi connectivity index (χ0v) is 11.5. The smallest absolute Gasteiger partial charge is 0.308 e. The number of rotatable bonds is 6. The molecule has 106 valence electrons. The number of ether oxygens (including phenoxy) is 2. The molecule has 0 aromatic heterocycles. The monoisotopic (exact) mass is 280 g/mol. The van der Waals surface area contributed by atoms with Crippen LogP contribution in [0.5, 0.6) is 0 Å². The van der Waals surface area contributed by atoms with E-state index < -0.39 is 22.3 Å². The molecule has 0 aromatic carbocycles. The predicted octanol–water partition coefficient (Wildman–Crippen LogP) is -0.505. The quantitative estimate of drug-likeness (QED) is 0.663. The van der Waals surface area contributed by atoms with Crippen LogP contribution in [-0.2, 0) is 24.5 Å². The summed E-state index contributed by atoms with van der Waals surface area (Å²) < 4.78 is 37.5. The average molecular weight is 280 g/mol. The summed E-state index contributed by atoms with van der Waals surface area (Å²) in [7, 11) is -2.18. The summed E-state index contributed by atoms with van der Waals surface area (Å²) >= 11 is 0. The second-order valence-electron chi connectivity index (χ2n) is 4.03. The molecule has 1 aliphatic heterocycles. The van der Waals surface area contributed by atoms with Crippen LogP contribution in [0.25, 0.3) is 0 Å². The fourth-order valence-corrected chi connectivity index (χ4v) is 2.95. The Bertz CT molecular complexity index is 370. The number of nitrogens with one attached hydrogen (secondary N) is 1. The molecule has 0 saturated carbocycles. The van der Waals surface area contributed by atoms with Gasteiger partial charge in [-0.15, -0.1) is 0 Å². The van der Waals surface area contributed by atoms with E-state index in [2.05, 4.69) is 9.46 Å². The molecule has 8 heteroatoms. The molecule has 18 heavy (non-hydrogen) atoms. The fourth-order valence-electron chi connectivity index (χ4n) is 1.63. The molecule has 0 amide bonds. The summed E-state index contributed by atoms with van der Waals surface area (Å²) in [4.78, 5) is 11.1. The topological polar surface area (TPSA) is 84.9 Å². The van der Waals surface area contributed by atoms with Crippen molar-refractivity contribution in [2.45, 2.75) is 25.9 Å². The molecular formula is C10H20N2O5S. The number of esters is 1. The van der Waals surface area contributed by atoms with Gasteiger partial charge in [-0.25, -0.2) is 4.72 Å². The van der Waals surface area contributed by atoms with Crippen molar-refractivity contribution in [1.82, 2.24) is 9.03 Å². The lowest BCUT2D eigenvalue weighted by molar-refractivity contribution is -0.145. The summed E-state index contributed by atoms with van der Waals surface area (Å²) in [5.74, 6) is -0.402. The molecule has 1 saturated heterocycles. The van der Waals surface area contributed by atoms with Crippen molar-refractivity contribution in [3.8, 4) is 0 Å². The van der Waals surface area contributed by atoms with Crippen LogP contribution < -0.4 is 4.72 Å². The SMILES string of the molecule is CCCNS(=O)(=O)N1CCOC(CC(=O)OC)C1. The summed E-state index contributed by atoms with van der Waals surface area (Å²) in [5.41, 5.74) is 0. The zero-order valence-electron chi connectivity index (χ0n) is 10.7. The lowest BCUT2D eigenvalue weighted by atomic mass is 10.2. The van der Waals surface area contributed by atoms with Gasteiger partial charge in [0.05, 0.1) is 26.2 Å². The number of carbonyl (C=O) groups is 1. The van der Waals surface area contributed by atoms with Gasteiger partial charge in [0.1, 0.15) is 0 Å².